The third-order valence-electron chi connectivity index (χ3n) is 3.76. The Balaban J connectivity index is 2.73. The number of hydrogen-bond donors (Lipinski definition) is 2. The maximum atomic E-state index is 9.57. The molecule has 1 aromatic rings. The van der Waals surface area contributed by atoms with Gasteiger partial charge in [-0.2, -0.15) is 0 Å². The molecular weight excluding hydrogens is 250 g/mol. The van der Waals surface area contributed by atoms with Crippen molar-refractivity contribution in [3.05, 3.63) is 29.8 Å². The average molecular weight is 279 g/mol. The maximum Gasteiger partial charge on any atom is 0.122 e. The summed E-state index contributed by atoms with van der Waals surface area (Å²) in [6.07, 6.45) is 2.13. The first kappa shape index (κ1) is 17.0. The Morgan fingerprint density at radius 3 is 2.60 bits per heavy atom. The molecule has 0 fully saturated rings. The summed E-state index contributed by atoms with van der Waals surface area (Å²) in [6, 6.07) is 8.18. The van der Waals surface area contributed by atoms with Crippen LogP contribution in [0.1, 0.15) is 52.0 Å². The fourth-order valence-electron chi connectivity index (χ4n) is 2.06. The Bertz CT molecular complexity index is 394. The molecule has 20 heavy (non-hydrogen) atoms. The van der Waals surface area contributed by atoms with Crippen LogP contribution < -0.4 is 10.1 Å². The fourth-order valence-corrected chi connectivity index (χ4v) is 2.06. The molecule has 0 spiro atoms. The molecule has 2 unspecified atom stereocenters. The summed E-state index contributed by atoms with van der Waals surface area (Å²) < 4.78 is 5.99. The molecule has 0 amide bonds. The van der Waals surface area contributed by atoms with Crippen molar-refractivity contribution in [2.24, 2.45) is 0 Å². The molecule has 0 aliphatic heterocycles. The molecule has 3 nitrogen and oxygen atoms in total. The molecule has 0 aliphatic rings. The van der Waals surface area contributed by atoms with E-state index < -0.39 is 5.54 Å². The summed E-state index contributed by atoms with van der Waals surface area (Å²) in [4.78, 5) is 0. The molecule has 0 bridgehead atoms. The van der Waals surface area contributed by atoms with E-state index in [9.17, 15) is 5.11 Å². The Morgan fingerprint density at radius 1 is 1.30 bits per heavy atom. The van der Waals surface area contributed by atoms with Crippen molar-refractivity contribution in [2.75, 3.05) is 19.8 Å². The van der Waals surface area contributed by atoms with Gasteiger partial charge < -0.3 is 15.2 Å². The molecule has 1 aromatic carbocycles. The third kappa shape index (κ3) is 4.80. The van der Waals surface area contributed by atoms with Crippen molar-refractivity contribution >= 4 is 0 Å². The second-order valence-electron chi connectivity index (χ2n) is 5.78. The quantitative estimate of drug-likeness (QED) is 0.728. The highest BCUT2D eigenvalue weighted by Gasteiger charge is 2.24. The van der Waals surface area contributed by atoms with Gasteiger partial charge in [0.05, 0.1) is 12.1 Å². The topological polar surface area (TPSA) is 41.5 Å². The highest BCUT2D eigenvalue weighted by Crippen LogP contribution is 2.28. The second kappa shape index (κ2) is 8.28. The zero-order chi connectivity index (χ0) is 15.0. The van der Waals surface area contributed by atoms with E-state index >= 15 is 0 Å². The zero-order valence-corrected chi connectivity index (χ0v) is 13.3. The van der Waals surface area contributed by atoms with Crippen LogP contribution in [0.5, 0.6) is 5.75 Å². The van der Waals surface area contributed by atoms with E-state index in [1.807, 2.05) is 19.1 Å². The summed E-state index contributed by atoms with van der Waals surface area (Å²) in [6.45, 7) is 9.92. The molecular formula is C17H29NO2. The zero-order valence-electron chi connectivity index (χ0n) is 13.3. The molecule has 0 saturated heterocycles. The number of ether oxygens (including phenoxy) is 1. The summed E-state index contributed by atoms with van der Waals surface area (Å²) in [5.41, 5.74) is 0.851. The van der Waals surface area contributed by atoms with E-state index in [1.165, 1.54) is 5.56 Å². The molecule has 2 N–H and O–H groups in total. The molecule has 0 heterocycles. The van der Waals surface area contributed by atoms with E-state index in [1.54, 1.807) is 0 Å². The van der Waals surface area contributed by atoms with Crippen LogP contribution in [0.15, 0.2) is 24.3 Å². The van der Waals surface area contributed by atoms with E-state index in [-0.39, 0.29) is 6.61 Å². The van der Waals surface area contributed by atoms with Crippen molar-refractivity contribution in [2.45, 2.75) is 52.0 Å². The van der Waals surface area contributed by atoms with Gasteiger partial charge in [0.1, 0.15) is 12.4 Å². The summed E-state index contributed by atoms with van der Waals surface area (Å²) >= 11 is 0. The lowest BCUT2D eigenvalue weighted by Gasteiger charge is -2.29. The SMILES string of the molecule is CCCNC(C)(CO)COc1ccccc1C(C)CC. The van der Waals surface area contributed by atoms with Gasteiger partial charge in [-0.3, -0.25) is 0 Å². The van der Waals surface area contributed by atoms with Crippen LogP contribution in [-0.2, 0) is 0 Å². The predicted octanol–water partition coefficient (Wildman–Crippen LogP) is 3.33. The van der Waals surface area contributed by atoms with E-state index in [0.29, 0.717) is 12.5 Å². The van der Waals surface area contributed by atoms with Gasteiger partial charge in [-0.1, -0.05) is 39.0 Å². The van der Waals surface area contributed by atoms with Gasteiger partial charge in [0.2, 0.25) is 0 Å². The number of para-hydroxylation sites is 1. The molecule has 0 aliphatic carbocycles. The Labute approximate surface area is 123 Å². The second-order valence-corrected chi connectivity index (χ2v) is 5.78. The summed E-state index contributed by atoms with van der Waals surface area (Å²) in [5.74, 6) is 1.41. The molecule has 0 radical (unpaired) electrons. The highest BCUT2D eigenvalue weighted by atomic mass is 16.5. The van der Waals surface area contributed by atoms with Crippen LogP contribution in [0.2, 0.25) is 0 Å². The Morgan fingerprint density at radius 2 is 2.00 bits per heavy atom. The van der Waals surface area contributed by atoms with Gasteiger partial charge in [0.15, 0.2) is 0 Å². The van der Waals surface area contributed by atoms with Crippen molar-refractivity contribution in [1.82, 2.24) is 5.32 Å². The first-order valence-electron chi connectivity index (χ1n) is 7.64. The Kier molecular flexibility index (Phi) is 7.03. The molecule has 2 atom stereocenters. The lowest BCUT2D eigenvalue weighted by Crippen LogP contribution is -2.50. The van der Waals surface area contributed by atoms with Gasteiger partial charge in [0, 0.05) is 0 Å². The molecule has 0 aromatic heterocycles. The number of benzene rings is 1. The van der Waals surface area contributed by atoms with Crippen LogP contribution in [0.3, 0.4) is 0 Å². The van der Waals surface area contributed by atoms with Gasteiger partial charge in [-0.15, -0.1) is 0 Å². The van der Waals surface area contributed by atoms with Crippen molar-refractivity contribution in [1.29, 1.82) is 0 Å². The van der Waals surface area contributed by atoms with Crippen molar-refractivity contribution < 1.29 is 9.84 Å². The van der Waals surface area contributed by atoms with Gasteiger partial charge >= 0.3 is 0 Å². The van der Waals surface area contributed by atoms with E-state index in [2.05, 4.69) is 38.2 Å². The normalized spacial score (nSPS) is 15.7. The number of hydrogen-bond acceptors (Lipinski definition) is 3. The highest BCUT2D eigenvalue weighted by molar-refractivity contribution is 5.36. The lowest BCUT2D eigenvalue weighted by molar-refractivity contribution is 0.115. The van der Waals surface area contributed by atoms with Gasteiger partial charge in [-0.25, -0.2) is 0 Å². The summed E-state index contributed by atoms with van der Waals surface area (Å²) in [7, 11) is 0. The number of rotatable bonds is 9. The van der Waals surface area contributed by atoms with E-state index in [4.69, 9.17) is 4.74 Å². The predicted molar refractivity (Wildman–Crippen MR) is 84.4 cm³/mol. The number of aliphatic hydroxyl groups excluding tert-OH is 1. The van der Waals surface area contributed by atoms with Crippen LogP contribution in [-0.4, -0.2) is 30.4 Å². The minimum Gasteiger partial charge on any atom is -0.491 e. The third-order valence-corrected chi connectivity index (χ3v) is 3.76. The maximum absolute atomic E-state index is 9.57. The fraction of sp³-hybridized carbons (Fsp3) is 0.647. The Hall–Kier alpha value is -1.06. The monoisotopic (exact) mass is 279 g/mol. The number of aliphatic hydroxyl groups is 1. The van der Waals surface area contributed by atoms with Crippen molar-refractivity contribution in [3.63, 3.8) is 0 Å². The minimum absolute atomic E-state index is 0.0680. The standard InChI is InChI=1S/C17H29NO2/c1-5-11-18-17(4,12-19)13-20-16-10-8-7-9-15(16)14(3)6-2/h7-10,14,18-19H,5-6,11-13H2,1-4H3. The average Bonchev–Trinajstić information content (AvgIpc) is 2.50. The van der Waals surface area contributed by atoms with Gasteiger partial charge in [0.25, 0.3) is 0 Å². The molecule has 3 heteroatoms. The first-order chi connectivity index (χ1) is 9.56. The van der Waals surface area contributed by atoms with Crippen LogP contribution >= 0.6 is 0 Å². The van der Waals surface area contributed by atoms with Crippen LogP contribution in [0.25, 0.3) is 0 Å². The molecule has 0 saturated carbocycles. The molecule has 114 valence electrons. The lowest BCUT2D eigenvalue weighted by atomic mass is 9.97. The smallest absolute Gasteiger partial charge is 0.122 e. The van der Waals surface area contributed by atoms with Crippen LogP contribution in [0.4, 0.5) is 0 Å². The largest absolute Gasteiger partial charge is 0.491 e. The van der Waals surface area contributed by atoms with Gasteiger partial charge in [-0.05, 0) is 43.9 Å². The summed E-state index contributed by atoms with van der Waals surface area (Å²) in [5, 5.41) is 12.9. The number of nitrogens with one attached hydrogen (secondary N) is 1. The van der Waals surface area contributed by atoms with Crippen molar-refractivity contribution in [3.8, 4) is 5.75 Å². The van der Waals surface area contributed by atoms with E-state index in [0.717, 1.165) is 25.1 Å². The van der Waals surface area contributed by atoms with Crippen LogP contribution in [0, 0.1) is 0 Å². The first-order valence-corrected chi connectivity index (χ1v) is 7.64. The minimum atomic E-state index is -0.390. The molecule has 1 rings (SSSR count).